The second kappa shape index (κ2) is 6.30. The predicted molar refractivity (Wildman–Crippen MR) is 65.4 cm³/mol. The number of nitrogens with two attached hydrogens (primary N) is 1. The van der Waals surface area contributed by atoms with Crippen LogP contribution in [-0.4, -0.2) is 24.1 Å². The number of nitrogen functional groups attached to an aromatic ring is 1. The molecule has 0 atom stereocenters. The van der Waals surface area contributed by atoms with E-state index >= 15 is 0 Å². The van der Waals surface area contributed by atoms with Gasteiger partial charge in [0.2, 0.25) is 0 Å². The Morgan fingerprint density at radius 2 is 2.38 bits per heavy atom. The second-order valence-electron chi connectivity index (χ2n) is 3.78. The maximum Gasteiger partial charge on any atom is 0.157 e. The van der Waals surface area contributed by atoms with Crippen LogP contribution in [0.5, 0.6) is 0 Å². The first-order valence-electron chi connectivity index (χ1n) is 5.12. The van der Waals surface area contributed by atoms with Crippen molar-refractivity contribution >= 4 is 22.4 Å². The lowest BCUT2D eigenvalue weighted by molar-refractivity contribution is 0.118. The van der Waals surface area contributed by atoms with E-state index in [4.69, 9.17) is 15.7 Å². The number of anilines is 2. The van der Waals surface area contributed by atoms with Gasteiger partial charge in [-0.25, -0.2) is 0 Å². The van der Waals surface area contributed by atoms with Crippen molar-refractivity contribution in [3.63, 3.8) is 0 Å². The predicted octanol–water partition coefficient (Wildman–Crippen LogP) is 1.68. The molecule has 0 bridgehead atoms. The molecule has 0 spiro atoms. The molecule has 1 aromatic rings. The quantitative estimate of drug-likeness (QED) is 0.739. The number of hydrogen-bond donors (Lipinski definition) is 2. The highest BCUT2D eigenvalue weighted by Gasteiger charge is 2.09. The van der Waals surface area contributed by atoms with Crippen molar-refractivity contribution < 1.29 is 4.74 Å². The standard InChI is InChI=1S/C10H16N4OS/c1-7(2)6-15-4-3-13-10-8(5-11)9(12)14-16-10/h7,13H,3-4,6H2,1-2H3,(H2,12,14). The van der Waals surface area contributed by atoms with Crippen LogP contribution in [0.2, 0.25) is 0 Å². The maximum atomic E-state index is 8.83. The van der Waals surface area contributed by atoms with Crippen LogP contribution in [0.1, 0.15) is 19.4 Å². The van der Waals surface area contributed by atoms with Crippen molar-refractivity contribution in [2.75, 3.05) is 30.8 Å². The smallest absolute Gasteiger partial charge is 0.157 e. The SMILES string of the molecule is CC(C)COCCNc1snc(N)c1C#N. The largest absolute Gasteiger partial charge is 0.382 e. The van der Waals surface area contributed by atoms with Gasteiger partial charge in [0, 0.05) is 13.2 Å². The van der Waals surface area contributed by atoms with Crippen LogP contribution in [0.15, 0.2) is 0 Å². The lowest BCUT2D eigenvalue weighted by Gasteiger charge is -2.07. The summed E-state index contributed by atoms with van der Waals surface area (Å²) in [7, 11) is 0. The third kappa shape index (κ3) is 3.68. The minimum atomic E-state index is 0.290. The van der Waals surface area contributed by atoms with Crippen LogP contribution in [-0.2, 0) is 4.74 Å². The molecule has 3 N–H and O–H groups in total. The van der Waals surface area contributed by atoms with Gasteiger partial charge in [-0.05, 0) is 17.5 Å². The Hall–Kier alpha value is -1.32. The van der Waals surface area contributed by atoms with Crippen molar-refractivity contribution in [1.82, 2.24) is 4.37 Å². The first-order chi connectivity index (χ1) is 7.65. The molecular formula is C10H16N4OS. The average Bonchev–Trinajstić information content (AvgIpc) is 2.58. The Balaban J connectivity index is 2.30. The van der Waals surface area contributed by atoms with Gasteiger partial charge in [-0.3, -0.25) is 0 Å². The number of hydrogen-bond acceptors (Lipinski definition) is 6. The highest BCUT2D eigenvalue weighted by atomic mass is 32.1. The molecule has 5 nitrogen and oxygen atoms in total. The molecule has 0 fully saturated rings. The summed E-state index contributed by atoms with van der Waals surface area (Å²) in [6, 6.07) is 2.02. The van der Waals surface area contributed by atoms with Gasteiger partial charge >= 0.3 is 0 Å². The molecule has 0 radical (unpaired) electrons. The Morgan fingerprint density at radius 3 is 3.00 bits per heavy atom. The average molecular weight is 240 g/mol. The molecule has 16 heavy (non-hydrogen) atoms. The molecule has 0 aliphatic rings. The van der Waals surface area contributed by atoms with Gasteiger partial charge in [-0.2, -0.15) is 9.64 Å². The van der Waals surface area contributed by atoms with Crippen LogP contribution in [0, 0.1) is 17.2 Å². The Bertz CT molecular complexity index is 369. The third-order valence-corrected chi connectivity index (χ3v) is 2.63. The molecule has 0 saturated heterocycles. The van der Waals surface area contributed by atoms with Crippen LogP contribution in [0.3, 0.4) is 0 Å². The van der Waals surface area contributed by atoms with Crippen molar-refractivity contribution in [2.24, 2.45) is 5.92 Å². The second-order valence-corrected chi connectivity index (χ2v) is 4.55. The van der Waals surface area contributed by atoms with Crippen molar-refractivity contribution in [3.8, 4) is 6.07 Å². The maximum absolute atomic E-state index is 8.83. The summed E-state index contributed by atoms with van der Waals surface area (Å²) in [6.07, 6.45) is 0. The van der Waals surface area contributed by atoms with Crippen LogP contribution in [0.4, 0.5) is 10.8 Å². The van der Waals surface area contributed by atoms with Gasteiger partial charge in [0.15, 0.2) is 5.82 Å². The van der Waals surface area contributed by atoms with E-state index in [1.165, 1.54) is 11.5 Å². The summed E-state index contributed by atoms with van der Waals surface area (Å²) in [5, 5.41) is 12.6. The van der Waals surface area contributed by atoms with E-state index in [0.29, 0.717) is 29.6 Å². The summed E-state index contributed by atoms with van der Waals surface area (Å²) < 4.78 is 9.31. The molecule has 0 aliphatic heterocycles. The van der Waals surface area contributed by atoms with Crippen molar-refractivity contribution in [1.29, 1.82) is 5.26 Å². The molecule has 0 aromatic carbocycles. The number of ether oxygens (including phenoxy) is 1. The molecular weight excluding hydrogens is 224 g/mol. The van der Waals surface area contributed by atoms with Crippen molar-refractivity contribution in [3.05, 3.63) is 5.56 Å². The van der Waals surface area contributed by atoms with Gasteiger partial charge in [-0.15, -0.1) is 0 Å². The van der Waals surface area contributed by atoms with E-state index in [9.17, 15) is 0 Å². The lowest BCUT2D eigenvalue weighted by atomic mass is 10.2. The van der Waals surface area contributed by atoms with Crippen LogP contribution < -0.4 is 11.1 Å². The lowest BCUT2D eigenvalue weighted by Crippen LogP contribution is -2.12. The fourth-order valence-electron chi connectivity index (χ4n) is 1.09. The highest BCUT2D eigenvalue weighted by Crippen LogP contribution is 2.25. The van der Waals surface area contributed by atoms with Crippen molar-refractivity contribution in [2.45, 2.75) is 13.8 Å². The molecule has 1 aromatic heterocycles. The van der Waals surface area contributed by atoms with E-state index in [1.54, 1.807) is 0 Å². The molecule has 0 amide bonds. The van der Waals surface area contributed by atoms with E-state index in [0.717, 1.165) is 6.61 Å². The van der Waals surface area contributed by atoms with E-state index < -0.39 is 0 Å². The number of nitrogens with zero attached hydrogens (tertiary/aromatic N) is 2. The molecule has 0 aliphatic carbocycles. The third-order valence-electron chi connectivity index (χ3n) is 1.81. The zero-order valence-corrected chi connectivity index (χ0v) is 10.3. The topological polar surface area (TPSA) is 84.0 Å². The van der Waals surface area contributed by atoms with E-state index in [1.807, 2.05) is 6.07 Å². The normalized spacial score (nSPS) is 10.4. The zero-order valence-electron chi connectivity index (χ0n) is 9.49. The number of nitriles is 1. The fourth-order valence-corrected chi connectivity index (χ4v) is 1.78. The first-order valence-corrected chi connectivity index (χ1v) is 5.89. The number of nitrogens with one attached hydrogen (secondary N) is 1. The fraction of sp³-hybridized carbons (Fsp3) is 0.600. The Kier molecular flexibility index (Phi) is 5.02. The molecule has 1 heterocycles. The number of aromatic nitrogens is 1. The van der Waals surface area contributed by atoms with Gasteiger partial charge in [0.05, 0.1) is 6.61 Å². The minimum Gasteiger partial charge on any atom is -0.382 e. The summed E-state index contributed by atoms with van der Waals surface area (Å²) >= 11 is 1.20. The molecule has 0 unspecified atom stereocenters. The Labute approximate surface area is 99.4 Å². The summed E-state index contributed by atoms with van der Waals surface area (Å²) in [5.41, 5.74) is 5.95. The van der Waals surface area contributed by atoms with Gasteiger partial charge in [0.25, 0.3) is 0 Å². The first kappa shape index (κ1) is 12.7. The summed E-state index contributed by atoms with van der Waals surface area (Å²) in [5.74, 6) is 0.826. The highest BCUT2D eigenvalue weighted by molar-refractivity contribution is 7.10. The molecule has 88 valence electrons. The summed E-state index contributed by atoms with van der Waals surface area (Å²) in [4.78, 5) is 0. The van der Waals surface area contributed by atoms with Gasteiger partial charge in [-0.1, -0.05) is 13.8 Å². The zero-order chi connectivity index (χ0) is 12.0. The summed E-state index contributed by atoms with van der Waals surface area (Å²) in [6.45, 7) is 6.22. The van der Waals surface area contributed by atoms with Gasteiger partial charge < -0.3 is 15.8 Å². The van der Waals surface area contributed by atoms with Crippen LogP contribution in [0.25, 0.3) is 0 Å². The monoisotopic (exact) mass is 240 g/mol. The van der Waals surface area contributed by atoms with Gasteiger partial charge in [0.1, 0.15) is 16.6 Å². The Morgan fingerprint density at radius 1 is 1.62 bits per heavy atom. The molecule has 0 saturated carbocycles. The van der Waals surface area contributed by atoms with Crippen LogP contribution >= 0.6 is 11.5 Å². The number of rotatable bonds is 6. The molecule has 1 rings (SSSR count). The van der Waals surface area contributed by atoms with E-state index in [-0.39, 0.29) is 5.82 Å². The minimum absolute atomic E-state index is 0.290. The van der Waals surface area contributed by atoms with E-state index in [2.05, 4.69) is 23.5 Å². The molecule has 6 heteroatoms.